The quantitative estimate of drug-likeness (QED) is 0.607. The summed E-state index contributed by atoms with van der Waals surface area (Å²) in [7, 11) is 0. The van der Waals surface area contributed by atoms with Gasteiger partial charge in [0.25, 0.3) is 0 Å². The Morgan fingerprint density at radius 1 is 1.44 bits per heavy atom. The minimum atomic E-state index is -0.224. The highest BCUT2D eigenvalue weighted by molar-refractivity contribution is 5.29. The van der Waals surface area contributed by atoms with E-state index >= 15 is 0 Å². The van der Waals surface area contributed by atoms with Crippen molar-refractivity contribution in [3.8, 4) is 0 Å². The lowest BCUT2D eigenvalue weighted by molar-refractivity contribution is 0.209. The van der Waals surface area contributed by atoms with Crippen LogP contribution < -0.4 is 5.73 Å². The van der Waals surface area contributed by atoms with Gasteiger partial charge in [-0.15, -0.1) is 0 Å². The second kappa shape index (κ2) is 6.13. The van der Waals surface area contributed by atoms with Gasteiger partial charge in [0.05, 0.1) is 12.6 Å². The molecule has 0 amide bonds. The van der Waals surface area contributed by atoms with Crippen LogP contribution in [0.5, 0.6) is 0 Å². The van der Waals surface area contributed by atoms with Crippen LogP contribution in [0.2, 0.25) is 0 Å². The van der Waals surface area contributed by atoms with Crippen molar-refractivity contribution in [3.63, 3.8) is 0 Å². The van der Waals surface area contributed by atoms with E-state index in [9.17, 15) is 0 Å². The van der Waals surface area contributed by atoms with Gasteiger partial charge in [0.2, 0.25) is 0 Å². The summed E-state index contributed by atoms with van der Waals surface area (Å²) >= 11 is 0. The van der Waals surface area contributed by atoms with Gasteiger partial charge in [-0.25, -0.2) is 0 Å². The number of hydrogen-bond acceptors (Lipinski definition) is 2. The molecule has 86 valence electrons. The van der Waals surface area contributed by atoms with Gasteiger partial charge in [0.15, 0.2) is 0 Å². The fraction of sp³-hybridized carbons (Fsp3) is 0.286. The lowest BCUT2D eigenvalue weighted by atomic mass is 10.0. The number of aryl methyl sites for hydroxylation is 1. The van der Waals surface area contributed by atoms with Crippen LogP contribution in [0.25, 0.3) is 0 Å². The maximum Gasteiger partial charge on any atom is 0.117 e. The van der Waals surface area contributed by atoms with E-state index in [1.54, 1.807) is 6.08 Å². The van der Waals surface area contributed by atoms with E-state index in [0.717, 1.165) is 11.3 Å². The largest absolute Gasteiger partial charge is 0.496 e. The fourth-order valence-electron chi connectivity index (χ4n) is 1.46. The normalized spacial score (nSPS) is 13.3. The molecule has 1 rings (SSSR count). The molecule has 0 aliphatic carbocycles. The van der Waals surface area contributed by atoms with E-state index in [2.05, 4.69) is 13.5 Å². The van der Waals surface area contributed by atoms with Crippen LogP contribution in [-0.4, -0.2) is 6.61 Å². The Kier molecular flexibility index (Phi) is 4.80. The first-order valence-electron chi connectivity index (χ1n) is 5.46. The standard InChI is InChI=1S/C14H19NO/c1-4-6-13(16-5-2)14(15)12-9-7-11(3)8-10-12/h4,6-10,14H,1,5,15H2,2-3H3/b13-6+/t14-/m1/s1. The molecule has 1 atom stereocenters. The molecule has 0 aliphatic heterocycles. The molecule has 0 heterocycles. The third-order valence-electron chi connectivity index (χ3n) is 2.34. The fourth-order valence-corrected chi connectivity index (χ4v) is 1.46. The second-order valence-corrected chi connectivity index (χ2v) is 3.63. The highest BCUT2D eigenvalue weighted by Gasteiger charge is 2.11. The van der Waals surface area contributed by atoms with Crippen LogP contribution >= 0.6 is 0 Å². The van der Waals surface area contributed by atoms with Crippen LogP contribution in [0, 0.1) is 6.92 Å². The summed E-state index contributed by atoms with van der Waals surface area (Å²) in [5.41, 5.74) is 8.39. The average molecular weight is 217 g/mol. The van der Waals surface area contributed by atoms with Crippen LogP contribution in [0.1, 0.15) is 24.1 Å². The lowest BCUT2D eigenvalue weighted by Crippen LogP contribution is -2.15. The van der Waals surface area contributed by atoms with Gasteiger partial charge in [0.1, 0.15) is 5.76 Å². The molecule has 0 unspecified atom stereocenters. The van der Waals surface area contributed by atoms with E-state index in [0.29, 0.717) is 6.61 Å². The molecule has 1 aromatic rings. The zero-order valence-electron chi connectivity index (χ0n) is 9.94. The molecule has 0 fully saturated rings. The van der Waals surface area contributed by atoms with Crippen molar-refractivity contribution < 1.29 is 4.74 Å². The number of rotatable bonds is 5. The maximum atomic E-state index is 6.12. The summed E-state index contributed by atoms with van der Waals surface area (Å²) in [6.45, 7) is 8.27. The Morgan fingerprint density at radius 3 is 2.56 bits per heavy atom. The number of allylic oxidation sites excluding steroid dienone is 2. The molecule has 16 heavy (non-hydrogen) atoms. The Morgan fingerprint density at radius 2 is 2.06 bits per heavy atom. The first kappa shape index (κ1) is 12.5. The van der Waals surface area contributed by atoms with Gasteiger partial charge >= 0.3 is 0 Å². The number of benzene rings is 1. The summed E-state index contributed by atoms with van der Waals surface area (Å²) < 4.78 is 5.49. The number of hydrogen-bond donors (Lipinski definition) is 1. The monoisotopic (exact) mass is 217 g/mol. The first-order valence-corrected chi connectivity index (χ1v) is 5.46. The highest BCUT2D eigenvalue weighted by atomic mass is 16.5. The predicted octanol–water partition coefficient (Wildman–Crippen LogP) is 3.10. The molecule has 0 spiro atoms. The molecule has 0 aliphatic rings. The van der Waals surface area contributed by atoms with Crippen molar-refractivity contribution >= 4 is 0 Å². The number of nitrogens with two attached hydrogens (primary N) is 1. The van der Waals surface area contributed by atoms with E-state index in [1.165, 1.54) is 5.56 Å². The molecule has 2 nitrogen and oxygen atoms in total. The third kappa shape index (κ3) is 3.24. The molecular weight excluding hydrogens is 198 g/mol. The molecule has 1 aromatic carbocycles. The topological polar surface area (TPSA) is 35.2 Å². The third-order valence-corrected chi connectivity index (χ3v) is 2.34. The Balaban J connectivity index is 2.89. The average Bonchev–Trinajstić information content (AvgIpc) is 2.29. The lowest BCUT2D eigenvalue weighted by Gasteiger charge is -2.16. The van der Waals surface area contributed by atoms with Crippen molar-refractivity contribution in [2.24, 2.45) is 5.73 Å². The van der Waals surface area contributed by atoms with E-state index in [-0.39, 0.29) is 6.04 Å². The van der Waals surface area contributed by atoms with E-state index in [1.807, 2.05) is 37.3 Å². The minimum absolute atomic E-state index is 0.224. The van der Waals surface area contributed by atoms with Crippen molar-refractivity contribution in [2.45, 2.75) is 19.9 Å². The minimum Gasteiger partial charge on any atom is -0.496 e. The molecule has 2 N–H and O–H groups in total. The zero-order chi connectivity index (χ0) is 12.0. The predicted molar refractivity (Wildman–Crippen MR) is 68.0 cm³/mol. The summed E-state index contributed by atoms with van der Waals surface area (Å²) in [5.74, 6) is 0.751. The number of ether oxygens (including phenoxy) is 1. The summed E-state index contributed by atoms with van der Waals surface area (Å²) in [4.78, 5) is 0. The molecule has 0 saturated carbocycles. The molecule has 0 bridgehead atoms. The van der Waals surface area contributed by atoms with Crippen molar-refractivity contribution in [2.75, 3.05) is 6.61 Å². The van der Waals surface area contributed by atoms with Gasteiger partial charge in [-0.1, -0.05) is 42.5 Å². The van der Waals surface area contributed by atoms with Crippen LogP contribution in [0.15, 0.2) is 48.8 Å². The molecule has 0 saturated heterocycles. The van der Waals surface area contributed by atoms with Crippen LogP contribution in [-0.2, 0) is 4.74 Å². The van der Waals surface area contributed by atoms with Gasteiger partial charge in [-0.3, -0.25) is 0 Å². The maximum absolute atomic E-state index is 6.12. The summed E-state index contributed by atoms with van der Waals surface area (Å²) in [5, 5.41) is 0. The van der Waals surface area contributed by atoms with Crippen LogP contribution in [0.3, 0.4) is 0 Å². The van der Waals surface area contributed by atoms with Crippen molar-refractivity contribution in [3.05, 3.63) is 59.9 Å². The first-order chi connectivity index (χ1) is 7.69. The molecule has 0 aromatic heterocycles. The Hall–Kier alpha value is -1.54. The Labute approximate surface area is 97.4 Å². The van der Waals surface area contributed by atoms with Crippen molar-refractivity contribution in [1.29, 1.82) is 0 Å². The van der Waals surface area contributed by atoms with Crippen LogP contribution in [0.4, 0.5) is 0 Å². The van der Waals surface area contributed by atoms with Crippen molar-refractivity contribution in [1.82, 2.24) is 0 Å². The molecular formula is C14H19NO. The SMILES string of the molecule is C=C/C=C(/OCC)[C@H](N)c1ccc(C)cc1. The van der Waals surface area contributed by atoms with Gasteiger partial charge in [-0.05, 0) is 25.5 Å². The smallest absolute Gasteiger partial charge is 0.117 e. The van der Waals surface area contributed by atoms with Gasteiger partial charge < -0.3 is 10.5 Å². The summed E-state index contributed by atoms with van der Waals surface area (Å²) in [6.07, 6.45) is 3.51. The second-order valence-electron chi connectivity index (χ2n) is 3.63. The highest BCUT2D eigenvalue weighted by Crippen LogP contribution is 2.20. The summed E-state index contributed by atoms with van der Waals surface area (Å²) in [6, 6.07) is 7.92. The molecule has 0 radical (unpaired) electrons. The van der Waals surface area contributed by atoms with E-state index in [4.69, 9.17) is 10.5 Å². The Bertz CT molecular complexity index is 365. The van der Waals surface area contributed by atoms with E-state index < -0.39 is 0 Å². The zero-order valence-corrected chi connectivity index (χ0v) is 9.94. The molecule has 2 heteroatoms. The van der Waals surface area contributed by atoms with Gasteiger partial charge in [0, 0.05) is 0 Å². The van der Waals surface area contributed by atoms with Gasteiger partial charge in [-0.2, -0.15) is 0 Å².